The molecule has 1 nitrogen and oxygen atoms in total. The molecule has 1 aliphatic rings. The lowest BCUT2D eigenvalue weighted by molar-refractivity contribution is 0.104. The van der Waals surface area contributed by atoms with Crippen molar-refractivity contribution in [2.45, 2.75) is 39.2 Å². The quantitative estimate of drug-likeness (QED) is 0.596. The van der Waals surface area contributed by atoms with Crippen LogP contribution in [0.5, 0.6) is 0 Å². The lowest BCUT2D eigenvalue weighted by atomic mass is 9.65. The molecule has 0 unspecified atom stereocenters. The summed E-state index contributed by atoms with van der Waals surface area (Å²) in [6, 6.07) is 0.815. The summed E-state index contributed by atoms with van der Waals surface area (Å²) >= 11 is 0. The lowest BCUT2D eigenvalue weighted by Crippen LogP contribution is -2.45. The van der Waals surface area contributed by atoms with E-state index >= 15 is 0 Å². The molecule has 0 atom stereocenters. The van der Waals surface area contributed by atoms with Gasteiger partial charge in [0.2, 0.25) is 0 Å². The third kappa shape index (κ3) is 1.26. The highest BCUT2D eigenvalue weighted by Crippen LogP contribution is 2.42. The molecule has 0 amide bonds. The number of nitrogens with one attached hydrogen (secondary N) is 1. The van der Waals surface area contributed by atoms with Crippen LogP contribution in [0, 0.1) is 5.41 Å². The van der Waals surface area contributed by atoms with Crippen LogP contribution >= 0.6 is 0 Å². The van der Waals surface area contributed by atoms with Crippen molar-refractivity contribution in [1.29, 1.82) is 0 Å². The van der Waals surface area contributed by atoms with Gasteiger partial charge in [-0.1, -0.05) is 20.3 Å². The molecule has 54 valence electrons. The molecular formula is C8H17N. The molecule has 0 heterocycles. The monoisotopic (exact) mass is 127 g/mol. The van der Waals surface area contributed by atoms with Gasteiger partial charge < -0.3 is 5.32 Å². The van der Waals surface area contributed by atoms with E-state index in [0.717, 1.165) is 6.04 Å². The van der Waals surface area contributed by atoms with E-state index in [-0.39, 0.29) is 0 Å². The Kier molecular flexibility index (Phi) is 1.80. The van der Waals surface area contributed by atoms with Crippen LogP contribution in [0.2, 0.25) is 0 Å². The van der Waals surface area contributed by atoms with Crippen LogP contribution in [-0.2, 0) is 0 Å². The molecule has 0 aliphatic heterocycles. The van der Waals surface area contributed by atoms with Gasteiger partial charge in [-0.2, -0.15) is 0 Å². The lowest BCUT2D eigenvalue weighted by Gasteiger charge is -2.44. The zero-order chi connectivity index (χ0) is 6.91. The highest BCUT2D eigenvalue weighted by atomic mass is 14.9. The van der Waals surface area contributed by atoms with E-state index in [2.05, 4.69) is 26.2 Å². The van der Waals surface area contributed by atoms with Gasteiger partial charge in [0.25, 0.3) is 0 Å². The van der Waals surface area contributed by atoms with Gasteiger partial charge in [0.05, 0.1) is 0 Å². The van der Waals surface area contributed by atoms with Gasteiger partial charge in [-0.15, -0.1) is 0 Å². The zero-order valence-corrected chi connectivity index (χ0v) is 6.70. The summed E-state index contributed by atoms with van der Waals surface area (Å²) in [5.74, 6) is 0. The first-order valence-corrected chi connectivity index (χ1v) is 3.87. The van der Waals surface area contributed by atoms with Crippen molar-refractivity contribution < 1.29 is 0 Å². The summed E-state index contributed by atoms with van der Waals surface area (Å²) in [4.78, 5) is 0. The van der Waals surface area contributed by atoms with Gasteiger partial charge in [0.1, 0.15) is 0 Å². The van der Waals surface area contributed by atoms with Crippen LogP contribution in [0.4, 0.5) is 0 Å². The van der Waals surface area contributed by atoms with E-state index in [0.29, 0.717) is 5.41 Å². The predicted octanol–water partition coefficient (Wildman–Crippen LogP) is 1.78. The van der Waals surface area contributed by atoms with Crippen LogP contribution in [-0.4, -0.2) is 13.1 Å². The van der Waals surface area contributed by atoms with Crippen molar-refractivity contribution in [3.05, 3.63) is 0 Å². The number of hydrogen-bond donors (Lipinski definition) is 1. The molecule has 1 aliphatic carbocycles. The van der Waals surface area contributed by atoms with E-state index in [1.54, 1.807) is 0 Å². The fourth-order valence-corrected chi connectivity index (χ4v) is 1.62. The number of hydrogen-bond acceptors (Lipinski definition) is 1. The van der Waals surface area contributed by atoms with Crippen molar-refractivity contribution in [2.75, 3.05) is 7.05 Å². The molecule has 0 aromatic rings. The standard InChI is InChI=1S/C8H17N/c1-4-8(2)5-7(6-8)9-3/h7,9H,4-6H2,1-3H3. The van der Waals surface area contributed by atoms with Gasteiger partial charge in [0, 0.05) is 6.04 Å². The second-order valence-electron chi connectivity index (χ2n) is 3.56. The third-order valence-corrected chi connectivity index (χ3v) is 2.74. The zero-order valence-electron chi connectivity index (χ0n) is 6.70. The van der Waals surface area contributed by atoms with Gasteiger partial charge >= 0.3 is 0 Å². The maximum absolute atomic E-state index is 3.29. The van der Waals surface area contributed by atoms with Crippen molar-refractivity contribution >= 4 is 0 Å². The Hall–Kier alpha value is -0.0400. The Morgan fingerprint density at radius 1 is 1.56 bits per heavy atom. The normalized spacial score (nSPS) is 42.3. The van der Waals surface area contributed by atoms with Crippen molar-refractivity contribution in [1.82, 2.24) is 5.32 Å². The minimum Gasteiger partial charge on any atom is -0.317 e. The summed E-state index contributed by atoms with van der Waals surface area (Å²) in [5, 5.41) is 3.29. The maximum atomic E-state index is 3.29. The second kappa shape index (κ2) is 2.30. The van der Waals surface area contributed by atoms with Gasteiger partial charge in [-0.05, 0) is 25.3 Å². The predicted molar refractivity (Wildman–Crippen MR) is 40.5 cm³/mol. The van der Waals surface area contributed by atoms with Crippen LogP contribution < -0.4 is 5.32 Å². The molecular weight excluding hydrogens is 110 g/mol. The van der Waals surface area contributed by atoms with Crippen LogP contribution in [0.25, 0.3) is 0 Å². The fourth-order valence-electron chi connectivity index (χ4n) is 1.62. The molecule has 0 bridgehead atoms. The Morgan fingerprint density at radius 3 is 2.44 bits per heavy atom. The highest BCUT2D eigenvalue weighted by molar-refractivity contribution is 4.92. The molecule has 9 heavy (non-hydrogen) atoms. The minimum absolute atomic E-state index is 0.674. The first-order chi connectivity index (χ1) is 4.20. The van der Waals surface area contributed by atoms with E-state index in [4.69, 9.17) is 0 Å². The largest absolute Gasteiger partial charge is 0.317 e. The average molecular weight is 127 g/mol. The van der Waals surface area contributed by atoms with Crippen LogP contribution in [0.3, 0.4) is 0 Å². The summed E-state index contributed by atoms with van der Waals surface area (Å²) in [6.07, 6.45) is 4.09. The van der Waals surface area contributed by atoms with Crippen molar-refractivity contribution in [3.8, 4) is 0 Å². The van der Waals surface area contributed by atoms with Gasteiger partial charge in [-0.3, -0.25) is 0 Å². The average Bonchev–Trinajstić information content (AvgIpc) is 1.81. The topological polar surface area (TPSA) is 12.0 Å². The Bertz CT molecular complexity index is 92.7. The Labute approximate surface area is 57.8 Å². The summed E-state index contributed by atoms with van der Waals surface area (Å²) in [7, 11) is 2.06. The first kappa shape index (κ1) is 7.07. The van der Waals surface area contributed by atoms with Crippen LogP contribution in [0.15, 0.2) is 0 Å². The third-order valence-electron chi connectivity index (χ3n) is 2.74. The molecule has 1 rings (SSSR count). The SMILES string of the molecule is CCC1(C)CC(NC)C1. The molecule has 0 spiro atoms. The summed E-state index contributed by atoms with van der Waals surface area (Å²) in [5.41, 5.74) is 0.674. The second-order valence-corrected chi connectivity index (χ2v) is 3.56. The molecule has 0 aromatic carbocycles. The van der Waals surface area contributed by atoms with E-state index in [1.165, 1.54) is 19.3 Å². The van der Waals surface area contributed by atoms with E-state index in [9.17, 15) is 0 Å². The first-order valence-electron chi connectivity index (χ1n) is 3.87. The molecule has 0 radical (unpaired) electrons. The molecule has 1 saturated carbocycles. The fraction of sp³-hybridized carbons (Fsp3) is 1.00. The Morgan fingerprint density at radius 2 is 2.11 bits per heavy atom. The van der Waals surface area contributed by atoms with E-state index in [1.807, 2.05) is 0 Å². The Balaban J connectivity index is 2.24. The smallest absolute Gasteiger partial charge is 0.00744 e. The number of rotatable bonds is 2. The van der Waals surface area contributed by atoms with Gasteiger partial charge in [0.15, 0.2) is 0 Å². The van der Waals surface area contributed by atoms with E-state index < -0.39 is 0 Å². The maximum Gasteiger partial charge on any atom is 0.00744 e. The van der Waals surface area contributed by atoms with Crippen LogP contribution in [0.1, 0.15) is 33.1 Å². The van der Waals surface area contributed by atoms with Crippen molar-refractivity contribution in [3.63, 3.8) is 0 Å². The summed E-state index contributed by atoms with van der Waals surface area (Å²) < 4.78 is 0. The van der Waals surface area contributed by atoms with Crippen molar-refractivity contribution in [2.24, 2.45) is 5.41 Å². The molecule has 1 fully saturated rings. The highest BCUT2D eigenvalue weighted by Gasteiger charge is 2.37. The molecule has 0 aromatic heterocycles. The minimum atomic E-state index is 0.674. The molecule has 1 N–H and O–H groups in total. The van der Waals surface area contributed by atoms with Gasteiger partial charge in [-0.25, -0.2) is 0 Å². The molecule has 1 heteroatoms. The summed E-state index contributed by atoms with van der Waals surface area (Å²) in [6.45, 7) is 4.66. The molecule has 0 saturated heterocycles.